The lowest BCUT2D eigenvalue weighted by Gasteiger charge is -2.55. The van der Waals surface area contributed by atoms with Crippen LogP contribution in [0.3, 0.4) is 0 Å². The van der Waals surface area contributed by atoms with Gasteiger partial charge in [-0.15, -0.1) is 0 Å². The van der Waals surface area contributed by atoms with Gasteiger partial charge in [-0.25, -0.2) is 0 Å². The van der Waals surface area contributed by atoms with Crippen molar-refractivity contribution in [3.05, 3.63) is 0 Å². The van der Waals surface area contributed by atoms with Crippen LogP contribution in [0.25, 0.3) is 0 Å². The summed E-state index contributed by atoms with van der Waals surface area (Å²) in [5.41, 5.74) is -5.41. The van der Waals surface area contributed by atoms with Gasteiger partial charge in [0.05, 0.1) is 0 Å². The van der Waals surface area contributed by atoms with Crippen molar-refractivity contribution in [2.45, 2.75) is 634 Å². The van der Waals surface area contributed by atoms with E-state index in [0.29, 0.717) is 79.9 Å². The number of ether oxygens (including phenoxy) is 3. The van der Waals surface area contributed by atoms with E-state index in [1.807, 2.05) is 0 Å². The minimum atomic E-state index is -0.318. The van der Waals surface area contributed by atoms with Crippen molar-refractivity contribution in [2.75, 3.05) is 55.6 Å². The third-order valence-corrected chi connectivity index (χ3v) is 32.4. The largest absolute Gasteiger partial charge is 0.460 e. The first-order chi connectivity index (χ1) is 63.6. The number of hydrogen-bond donors (Lipinski definition) is 11. The molecule has 11 fully saturated rings. The van der Waals surface area contributed by atoms with Crippen LogP contribution in [-0.2, 0) is 0 Å². The lowest BCUT2D eigenvalue weighted by molar-refractivity contribution is 0.0489. The lowest BCUT2D eigenvalue weighted by Crippen LogP contribution is -2.67. The maximum atomic E-state index is 7.76. The average molecular weight is 1970 g/mol. The van der Waals surface area contributed by atoms with Crippen molar-refractivity contribution in [3.8, 4) is 18.0 Å². The van der Waals surface area contributed by atoms with Crippen molar-refractivity contribution in [3.63, 3.8) is 0 Å². The summed E-state index contributed by atoms with van der Waals surface area (Å²) < 4.78 is 23.1. The van der Waals surface area contributed by atoms with Crippen LogP contribution in [0.5, 0.6) is 18.0 Å². The highest BCUT2D eigenvalue weighted by atomic mass is 16.5. The molecule has 11 saturated heterocycles. The van der Waals surface area contributed by atoms with E-state index in [-0.39, 0.29) is 189 Å². The Labute approximate surface area is 856 Å². The SMILES string of the molecule is CC1(C)CC(Oc2nc(N(CCN(c3nc(OC4CC(C)(C)NC(C)(C)C4)nc(N(C4CC(C)(C)NC(C)(C)C4)C4CC(C)(C)NC(C)(C)C4)n3)C3CC(C)(C)NC(C)(C)C3)CCN(c3nc(OC4CC(C)(C)NC(C)(C)C4)nc(N(C4CC(C)(C)NC(C)(C)C4)C4CC(C)(C)NC(C)(C)C4)n3)C3CC(C)(C)NC(C)(C)C3)nc(N(C3CC(C)(C)NC(C)(C)C3)C3CC(C)(C)NC(C)(C)C3)n2)CC(C)(C)N1. The summed E-state index contributed by atoms with van der Waals surface area (Å²) in [5.74, 6) is 3.76. The molecule has 0 radical (unpaired) electrons. The normalized spacial score (nSPS) is 28.7. The molecule has 0 saturated carbocycles. The van der Waals surface area contributed by atoms with Gasteiger partial charge in [-0.05, 0) is 407 Å². The van der Waals surface area contributed by atoms with E-state index >= 15 is 0 Å². The van der Waals surface area contributed by atoms with Crippen molar-refractivity contribution in [1.82, 2.24) is 103 Å². The molecule has 14 rings (SSSR count). The first-order valence-electron chi connectivity index (χ1n) is 55.3. The maximum absolute atomic E-state index is 7.76. The van der Waals surface area contributed by atoms with Crippen molar-refractivity contribution in [2.24, 2.45) is 0 Å². The molecule has 3 aromatic rings. The molecule has 3 aromatic heterocycles. The topological polar surface area (TPSA) is 295 Å². The first-order valence-corrected chi connectivity index (χ1v) is 55.3. The molecular formula is C112H206N26O3. The van der Waals surface area contributed by atoms with Gasteiger partial charge >= 0.3 is 18.0 Å². The zero-order chi connectivity index (χ0) is 105. The predicted octanol–water partition coefficient (Wildman–Crippen LogP) is 18.0. The van der Waals surface area contributed by atoms with E-state index in [9.17, 15) is 0 Å². The number of nitrogens with zero attached hydrogens (tertiary/aromatic N) is 15. The van der Waals surface area contributed by atoms with Crippen molar-refractivity contribution >= 4 is 35.7 Å². The standard InChI is InChI=1S/C112H206N26O3/c1-91(2)49-71(50-92(3,4)122-91)134(83-114-86(120-89(117-83)140-80-67-109(37,38)131-110(39,40)68-80)137(75-57-99(17,18)126-100(19,20)58-75)76-59-101(21,22)127-102(23,24)60-76)47-45-133(82-113-85(119-88(116-82)139-79-65-107(33,34)130-108(35,36)66-79)136(73-53-95(9,10)124-96(11,12)54-73)74-55-97(13,14)125-98(15,16)56-74)46-48-135(72-51-93(5,6)123-94(7,8)52-72)84-115-87(121-90(118-84)141-81-69-111(41,42)132-112(43,44)70-81)138(77-61-103(25,26)128-104(27,28)62-77)78-63-105(29,30)129-106(31,32)64-78/h71-81,122-132H,45-70H2,1-44H3. The van der Waals surface area contributed by atoms with Gasteiger partial charge in [0.25, 0.3) is 0 Å². The van der Waals surface area contributed by atoms with Crippen LogP contribution in [0.4, 0.5) is 35.7 Å². The van der Waals surface area contributed by atoms with Crippen LogP contribution in [0.1, 0.15) is 446 Å². The van der Waals surface area contributed by atoms with Crippen LogP contribution in [0.15, 0.2) is 0 Å². The molecule has 14 heterocycles. The molecule has 11 aliphatic heterocycles. The van der Waals surface area contributed by atoms with Gasteiger partial charge in [-0.3, -0.25) is 0 Å². The second kappa shape index (κ2) is 37.5. The zero-order valence-electron chi connectivity index (χ0n) is 97.7. The number of aromatic nitrogens is 9. The Morgan fingerprint density at radius 1 is 0.170 bits per heavy atom. The molecular weight excluding hydrogens is 1760 g/mol. The smallest absolute Gasteiger partial charge is 0.323 e. The number of piperidine rings is 11. The van der Waals surface area contributed by atoms with Gasteiger partial charge in [-0.2, -0.15) is 44.9 Å². The van der Waals surface area contributed by atoms with Gasteiger partial charge in [0, 0.05) is 235 Å². The fourth-order valence-corrected chi connectivity index (χ4v) is 32.6. The molecule has 0 aromatic carbocycles. The minimum Gasteiger partial charge on any atom is -0.460 e. The van der Waals surface area contributed by atoms with Gasteiger partial charge < -0.3 is 102 Å². The first kappa shape index (κ1) is 111. The lowest BCUT2D eigenvalue weighted by atomic mass is 9.75. The van der Waals surface area contributed by atoms with Gasteiger partial charge in [0.2, 0.25) is 35.7 Å². The Morgan fingerprint density at radius 2 is 0.305 bits per heavy atom. The molecule has 0 spiro atoms. The number of anilines is 6. The van der Waals surface area contributed by atoms with Crippen LogP contribution in [0, 0.1) is 0 Å². The Hall–Kier alpha value is -5.21. The molecule has 802 valence electrons. The van der Waals surface area contributed by atoms with Gasteiger partial charge in [0.1, 0.15) is 18.3 Å². The van der Waals surface area contributed by atoms with Crippen LogP contribution < -0.4 is 102 Å². The molecule has 0 bridgehead atoms. The number of nitrogens with one attached hydrogen (secondary N) is 11. The Morgan fingerprint density at radius 3 is 0.475 bits per heavy atom. The highest BCUT2D eigenvalue weighted by Crippen LogP contribution is 2.49. The molecule has 29 nitrogen and oxygen atoms in total. The Bertz CT molecular complexity index is 4360. The highest BCUT2D eigenvalue weighted by molar-refractivity contribution is 5.50. The summed E-state index contributed by atoms with van der Waals surface area (Å²) >= 11 is 0. The molecule has 11 aliphatic rings. The van der Waals surface area contributed by atoms with Crippen molar-refractivity contribution < 1.29 is 14.2 Å². The summed E-state index contributed by atoms with van der Waals surface area (Å²) in [6, 6.07) is 1.10. The number of rotatable bonds is 26. The summed E-state index contributed by atoms with van der Waals surface area (Å²) in [6.45, 7) is 106. The average Bonchev–Trinajstić information content (AvgIpc) is 0.753. The molecule has 11 N–H and O–H groups in total. The van der Waals surface area contributed by atoms with E-state index in [2.05, 4.69) is 393 Å². The van der Waals surface area contributed by atoms with E-state index in [1.165, 1.54) is 0 Å². The third kappa shape index (κ3) is 29.3. The molecule has 0 atom stereocenters. The summed E-state index contributed by atoms with van der Waals surface area (Å²) in [6.07, 6.45) is 17.6. The summed E-state index contributed by atoms with van der Waals surface area (Å²) in [5, 5.41) is 45.0. The molecule has 0 amide bonds. The zero-order valence-corrected chi connectivity index (χ0v) is 97.7. The van der Waals surface area contributed by atoms with E-state index in [0.717, 1.165) is 141 Å². The van der Waals surface area contributed by atoms with Crippen molar-refractivity contribution in [1.29, 1.82) is 0 Å². The fraction of sp³-hybridized carbons (Fsp3) is 0.920. The Balaban J connectivity index is 1.04. The molecule has 141 heavy (non-hydrogen) atoms. The summed E-state index contributed by atoms with van der Waals surface area (Å²) in [7, 11) is 0. The molecule has 29 heteroatoms. The van der Waals surface area contributed by atoms with Crippen LogP contribution in [-0.4, -0.2) is 260 Å². The fourth-order valence-electron chi connectivity index (χ4n) is 32.6. The second-order valence-corrected chi connectivity index (χ2v) is 62.0. The van der Waals surface area contributed by atoms with Gasteiger partial charge in [0.15, 0.2) is 0 Å². The van der Waals surface area contributed by atoms with Crippen LogP contribution >= 0.6 is 0 Å². The summed E-state index contributed by atoms with van der Waals surface area (Å²) in [4.78, 5) is 70.1. The Kier molecular flexibility index (Phi) is 29.6. The highest BCUT2D eigenvalue weighted by Gasteiger charge is 2.56. The monoisotopic (exact) mass is 1960 g/mol. The molecule has 0 aliphatic carbocycles. The predicted molar refractivity (Wildman–Crippen MR) is 583 cm³/mol. The van der Waals surface area contributed by atoms with Crippen LogP contribution in [0.2, 0.25) is 0 Å². The van der Waals surface area contributed by atoms with E-state index < -0.39 is 0 Å². The quantitative estimate of drug-likeness (QED) is 0.0356. The minimum absolute atomic E-state index is 0.0172. The maximum Gasteiger partial charge on any atom is 0.323 e. The molecule has 0 unspecified atom stereocenters. The third-order valence-electron chi connectivity index (χ3n) is 32.4. The number of hydrogen-bond acceptors (Lipinski definition) is 29. The van der Waals surface area contributed by atoms with Gasteiger partial charge in [-0.1, -0.05) is 0 Å². The van der Waals surface area contributed by atoms with E-state index in [1.54, 1.807) is 0 Å². The van der Waals surface area contributed by atoms with E-state index in [4.69, 9.17) is 59.1 Å². The second-order valence-electron chi connectivity index (χ2n) is 62.0.